The summed E-state index contributed by atoms with van der Waals surface area (Å²) in [5.74, 6) is -2.11. The molecule has 1 aromatic rings. The van der Waals surface area contributed by atoms with E-state index in [1.165, 1.54) is 5.69 Å². The predicted octanol–water partition coefficient (Wildman–Crippen LogP) is 3.33. The number of nitrogens with one attached hydrogen (secondary N) is 1. The number of alkyl halides is 2. The lowest BCUT2D eigenvalue weighted by atomic mass is 9.80. The van der Waals surface area contributed by atoms with Crippen molar-refractivity contribution in [1.82, 2.24) is 15.1 Å². The minimum atomic E-state index is -2.45. The summed E-state index contributed by atoms with van der Waals surface area (Å²) in [6.07, 6.45) is 3.09. The Morgan fingerprint density at radius 3 is 2.57 bits per heavy atom. The van der Waals surface area contributed by atoms with Crippen LogP contribution in [0, 0.1) is 5.92 Å². The Labute approximate surface area is 126 Å². The summed E-state index contributed by atoms with van der Waals surface area (Å²) in [6.45, 7) is 5.04. The smallest absolute Gasteiger partial charge is 0.248 e. The highest BCUT2D eigenvalue weighted by Gasteiger charge is 2.37. The van der Waals surface area contributed by atoms with Gasteiger partial charge in [0.05, 0.1) is 5.69 Å². The normalized spacial score (nSPS) is 20.6. The van der Waals surface area contributed by atoms with Gasteiger partial charge in [0.15, 0.2) is 0 Å². The van der Waals surface area contributed by atoms with Crippen LogP contribution in [0.1, 0.15) is 50.9 Å². The van der Waals surface area contributed by atoms with E-state index in [-0.39, 0.29) is 18.9 Å². The molecule has 1 fully saturated rings. The molecule has 1 aliphatic rings. The first-order chi connectivity index (χ1) is 9.95. The number of aromatic nitrogens is 2. The van der Waals surface area contributed by atoms with Crippen LogP contribution in [0.3, 0.4) is 0 Å². The second-order valence-corrected chi connectivity index (χ2v) is 6.17. The molecule has 2 rings (SSSR count). The molecule has 1 saturated carbocycles. The predicted molar refractivity (Wildman–Crippen MR) is 80.7 cm³/mol. The minimum Gasteiger partial charge on any atom is -0.314 e. The van der Waals surface area contributed by atoms with Gasteiger partial charge in [-0.3, -0.25) is 4.68 Å². The Kier molecular flexibility index (Phi) is 5.36. The van der Waals surface area contributed by atoms with Crippen molar-refractivity contribution in [1.29, 1.82) is 0 Å². The van der Waals surface area contributed by atoms with Crippen LogP contribution < -0.4 is 5.32 Å². The number of aryl methyl sites for hydroxylation is 2. The van der Waals surface area contributed by atoms with E-state index >= 15 is 0 Å². The number of nitrogens with zero attached hydrogens (tertiary/aromatic N) is 2. The van der Waals surface area contributed by atoms with E-state index in [4.69, 9.17) is 0 Å². The van der Waals surface area contributed by atoms with Crippen molar-refractivity contribution in [2.24, 2.45) is 13.0 Å². The van der Waals surface area contributed by atoms with Gasteiger partial charge >= 0.3 is 0 Å². The van der Waals surface area contributed by atoms with E-state index in [1.807, 2.05) is 11.7 Å². The maximum absolute atomic E-state index is 13.3. The highest BCUT2D eigenvalue weighted by molar-refractivity contribution is 5.12. The van der Waals surface area contributed by atoms with Crippen molar-refractivity contribution in [3.05, 3.63) is 17.5 Å². The maximum atomic E-state index is 13.3. The van der Waals surface area contributed by atoms with Crippen molar-refractivity contribution in [3.63, 3.8) is 0 Å². The van der Waals surface area contributed by atoms with E-state index in [1.54, 1.807) is 0 Å². The molecule has 0 saturated heterocycles. The van der Waals surface area contributed by atoms with Gasteiger partial charge in [0.2, 0.25) is 5.92 Å². The van der Waals surface area contributed by atoms with Gasteiger partial charge in [-0.05, 0) is 37.8 Å². The third-order valence-corrected chi connectivity index (χ3v) is 4.62. The van der Waals surface area contributed by atoms with Crippen LogP contribution in [-0.2, 0) is 19.9 Å². The molecule has 0 spiro atoms. The number of hydrogen-bond acceptors (Lipinski definition) is 2. The number of rotatable bonds is 6. The zero-order valence-corrected chi connectivity index (χ0v) is 13.3. The Hall–Kier alpha value is -0.970. The van der Waals surface area contributed by atoms with Gasteiger partial charge < -0.3 is 5.32 Å². The van der Waals surface area contributed by atoms with Crippen molar-refractivity contribution >= 4 is 0 Å². The van der Waals surface area contributed by atoms with Crippen molar-refractivity contribution in [2.45, 2.75) is 64.3 Å². The zero-order valence-electron chi connectivity index (χ0n) is 13.3. The van der Waals surface area contributed by atoms with Crippen LogP contribution in [0.25, 0.3) is 0 Å². The molecule has 0 aliphatic heterocycles. The van der Waals surface area contributed by atoms with Crippen LogP contribution in [-0.4, -0.2) is 28.3 Å². The molecular weight excluding hydrogens is 272 g/mol. The molecule has 1 N–H and O–H groups in total. The average Bonchev–Trinajstić information content (AvgIpc) is 2.79. The topological polar surface area (TPSA) is 29.9 Å². The van der Waals surface area contributed by atoms with Crippen molar-refractivity contribution < 1.29 is 8.78 Å². The van der Waals surface area contributed by atoms with E-state index < -0.39 is 5.92 Å². The summed E-state index contributed by atoms with van der Waals surface area (Å²) in [5.41, 5.74) is 2.29. The molecule has 1 heterocycles. The fourth-order valence-electron chi connectivity index (χ4n) is 3.29. The average molecular weight is 299 g/mol. The van der Waals surface area contributed by atoms with E-state index in [9.17, 15) is 8.78 Å². The number of halogens is 2. The molecule has 1 aromatic heterocycles. The van der Waals surface area contributed by atoms with Gasteiger partial charge in [-0.2, -0.15) is 5.10 Å². The maximum Gasteiger partial charge on any atom is 0.248 e. The van der Waals surface area contributed by atoms with Gasteiger partial charge in [0, 0.05) is 38.0 Å². The highest BCUT2D eigenvalue weighted by atomic mass is 19.3. The van der Waals surface area contributed by atoms with E-state index in [0.717, 1.165) is 25.1 Å². The molecule has 0 amide bonds. The molecule has 5 heteroatoms. The largest absolute Gasteiger partial charge is 0.314 e. The second kappa shape index (κ2) is 6.86. The van der Waals surface area contributed by atoms with Gasteiger partial charge in [0.1, 0.15) is 0 Å². The summed E-state index contributed by atoms with van der Waals surface area (Å²) >= 11 is 0. The first-order valence-corrected chi connectivity index (χ1v) is 8.08. The molecule has 1 aliphatic carbocycles. The zero-order chi connectivity index (χ0) is 15.5. The highest BCUT2D eigenvalue weighted by Crippen LogP contribution is 2.38. The lowest BCUT2D eigenvalue weighted by Crippen LogP contribution is -2.41. The molecule has 0 aromatic carbocycles. The molecule has 3 nitrogen and oxygen atoms in total. The van der Waals surface area contributed by atoms with Gasteiger partial charge in [-0.15, -0.1) is 0 Å². The summed E-state index contributed by atoms with van der Waals surface area (Å²) in [6, 6.07) is 2.41. The number of hydrogen-bond donors (Lipinski definition) is 1. The van der Waals surface area contributed by atoms with Crippen LogP contribution in [0.2, 0.25) is 0 Å². The molecule has 0 radical (unpaired) electrons. The Balaban J connectivity index is 2.03. The second-order valence-electron chi connectivity index (χ2n) is 6.17. The lowest BCUT2D eigenvalue weighted by molar-refractivity contribution is -0.0495. The fraction of sp³-hybridized carbons (Fsp3) is 0.812. The lowest BCUT2D eigenvalue weighted by Gasteiger charge is -2.34. The van der Waals surface area contributed by atoms with Crippen LogP contribution in [0.5, 0.6) is 0 Å². The molecule has 1 atom stereocenters. The van der Waals surface area contributed by atoms with Gasteiger partial charge in [-0.1, -0.05) is 13.8 Å². The minimum absolute atomic E-state index is 0.0329. The van der Waals surface area contributed by atoms with Gasteiger partial charge in [-0.25, -0.2) is 8.78 Å². The van der Waals surface area contributed by atoms with Crippen molar-refractivity contribution in [3.8, 4) is 0 Å². The molecule has 21 heavy (non-hydrogen) atoms. The van der Waals surface area contributed by atoms with Crippen LogP contribution in [0.4, 0.5) is 8.78 Å². The van der Waals surface area contributed by atoms with E-state index in [0.29, 0.717) is 18.8 Å². The first-order valence-electron chi connectivity index (χ1n) is 8.08. The van der Waals surface area contributed by atoms with Crippen molar-refractivity contribution in [2.75, 3.05) is 6.54 Å². The summed E-state index contributed by atoms with van der Waals surface area (Å²) in [7, 11) is 1.96. The molecule has 0 bridgehead atoms. The molecule has 1 unspecified atom stereocenters. The third kappa shape index (κ3) is 4.25. The summed E-state index contributed by atoms with van der Waals surface area (Å²) < 4.78 is 28.6. The Bertz CT molecular complexity index is 446. The van der Waals surface area contributed by atoms with E-state index in [2.05, 4.69) is 30.3 Å². The van der Waals surface area contributed by atoms with Gasteiger partial charge in [0.25, 0.3) is 0 Å². The molecular formula is C16H27F2N3. The quantitative estimate of drug-likeness (QED) is 0.873. The number of likely N-dealkylation sites (N-methyl/N-ethyl adjacent to an activating group) is 1. The van der Waals surface area contributed by atoms with Crippen LogP contribution >= 0.6 is 0 Å². The third-order valence-electron chi connectivity index (χ3n) is 4.62. The SMILES string of the molecule is CCNC(Cc1cc(CC)nn1C)C1CCC(F)(F)CC1. The standard InChI is InChI=1S/C16H27F2N3/c1-4-13-10-14(21(3)20-13)11-15(19-5-2)12-6-8-16(17,18)9-7-12/h10,12,15,19H,4-9,11H2,1-3H3. The fourth-order valence-corrected chi connectivity index (χ4v) is 3.29. The Morgan fingerprint density at radius 1 is 1.38 bits per heavy atom. The Morgan fingerprint density at radius 2 is 2.05 bits per heavy atom. The monoisotopic (exact) mass is 299 g/mol. The summed E-state index contributed by atoms with van der Waals surface area (Å²) in [5, 5.41) is 7.98. The molecule has 120 valence electrons. The summed E-state index contributed by atoms with van der Waals surface area (Å²) in [4.78, 5) is 0. The first kappa shape index (κ1) is 16.4. The van der Waals surface area contributed by atoms with Crippen LogP contribution in [0.15, 0.2) is 6.07 Å².